The van der Waals surface area contributed by atoms with Gasteiger partial charge in [-0.3, -0.25) is 4.90 Å². The largest absolute Gasteiger partial charge is 0.444 e. The van der Waals surface area contributed by atoms with Crippen molar-refractivity contribution < 1.29 is 9.53 Å². The van der Waals surface area contributed by atoms with Crippen LogP contribution < -0.4 is 0 Å². The van der Waals surface area contributed by atoms with Crippen LogP contribution in [0.3, 0.4) is 0 Å². The molecule has 0 aliphatic carbocycles. The Hall–Kier alpha value is -0.590. The zero-order chi connectivity index (χ0) is 14.8. The molecule has 0 atom stereocenters. The molecular formula is C14H21BrN2O2S. The van der Waals surface area contributed by atoms with Crippen LogP contribution in [0.1, 0.15) is 25.6 Å². The number of carbonyl (C=O) groups is 1. The van der Waals surface area contributed by atoms with Crippen molar-refractivity contribution in [3.63, 3.8) is 0 Å². The monoisotopic (exact) mass is 360 g/mol. The molecule has 1 saturated heterocycles. The van der Waals surface area contributed by atoms with Gasteiger partial charge in [0, 0.05) is 37.6 Å². The minimum absolute atomic E-state index is 0.198. The van der Waals surface area contributed by atoms with E-state index >= 15 is 0 Å². The lowest BCUT2D eigenvalue weighted by molar-refractivity contribution is 0.0140. The van der Waals surface area contributed by atoms with Gasteiger partial charge in [0.15, 0.2) is 0 Å². The smallest absolute Gasteiger partial charge is 0.410 e. The van der Waals surface area contributed by atoms with Crippen molar-refractivity contribution in [1.82, 2.24) is 9.80 Å². The second kappa shape index (κ2) is 6.45. The number of thiophene rings is 1. The molecule has 2 rings (SSSR count). The van der Waals surface area contributed by atoms with Crippen molar-refractivity contribution in [3.05, 3.63) is 20.8 Å². The third-order valence-corrected chi connectivity index (χ3v) is 4.64. The molecule has 6 heteroatoms. The Balaban J connectivity index is 1.79. The summed E-state index contributed by atoms with van der Waals surface area (Å²) in [7, 11) is 0. The van der Waals surface area contributed by atoms with Gasteiger partial charge in [0.05, 0.1) is 3.79 Å². The molecule has 0 spiro atoms. The fourth-order valence-electron chi connectivity index (χ4n) is 2.07. The third-order valence-electron chi connectivity index (χ3n) is 3.03. The summed E-state index contributed by atoms with van der Waals surface area (Å²) in [5, 5.41) is 0. The number of carbonyl (C=O) groups excluding carboxylic acids is 1. The molecule has 2 heterocycles. The number of nitrogens with zero attached hydrogens (tertiary/aromatic N) is 2. The number of rotatable bonds is 2. The highest BCUT2D eigenvalue weighted by molar-refractivity contribution is 9.11. The van der Waals surface area contributed by atoms with Gasteiger partial charge < -0.3 is 9.64 Å². The van der Waals surface area contributed by atoms with Crippen LogP contribution in [0.5, 0.6) is 0 Å². The van der Waals surface area contributed by atoms with Crippen LogP contribution in [0.2, 0.25) is 0 Å². The molecule has 0 unspecified atom stereocenters. The summed E-state index contributed by atoms with van der Waals surface area (Å²) in [6.07, 6.45) is -0.198. The summed E-state index contributed by atoms with van der Waals surface area (Å²) in [5.41, 5.74) is -0.419. The second-order valence-electron chi connectivity index (χ2n) is 5.95. The normalized spacial score (nSPS) is 17.3. The van der Waals surface area contributed by atoms with Gasteiger partial charge in [0.1, 0.15) is 5.60 Å². The van der Waals surface area contributed by atoms with Gasteiger partial charge in [-0.05, 0) is 48.8 Å². The first kappa shape index (κ1) is 15.8. The molecule has 20 heavy (non-hydrogen) atoms. The average molecular weight is 361 g/mol. The molecule has 0 bridgehead atoms. The summed E-state index contributed by atoms with van der Waals surface area (Å²) >= 11 is 5.25. The van der Waals surface area contributed by atoms with Crippen molar-refractivity contribution in [2.75, 3.05) is 26.2 Å². The summed E-state index contributed by atoms with van der Waals surface area (Å²) in [6, 6.07) is 4.23. The van der Waals surface area contributed by atoms with Crippen LogP contribution in [-0.4, -0.2) is 47.7 Å². The molecule has 0 saturated carbocycles. The lowest BCUT2D eigenvalue weighted by atomic mass is 10.2. The highest BCUT2D eigenvalue weighted by Gasteiger charge is 2.25. The molecule has 0 radical (unpaired) electrons. The number of piperazine rings is 1. The van der Waals surface area contributed by atoms with E-state index in [1.165, 1.54) is 8.66 Å². The predicted molar refractivity (Wildman–Crippen MR) is 85.1 cm³/mol. The van der Waals surface area contributed by atoms with Crippen LogP contribution in [0.25, 0.3) is 0 Å². The highest BCUT2D eigenvalue weighted by Crippen LogP contribution is 2.23. The van der Waals surface area contributed by atoms with Crippen LogP contribution in [0.15, 0.2) is 15.9 Å². The van der Waals surface area contributed by atoms with Gasteiger partial charge in [-0.15, -0.1) is 11.3 Å². The molecule has 4 nitrogen and oxygen atoms in total. The number of hydrogen-bond donors (Lipinski definition) is 0. The Kier molecular flexibility index (Phi) is 5.09. The highest BCUT2D eigenvalue weighted by atomic mass is 79.9. The van der Waals surface area contributed by atoms with Crippen molar-refractivity contribution in [1.29, 1.82) is 0 Å². The van der Waals surface area contributed by atoms with E-state index in [-0.39, 0.29) is 6.09 Å². The first-order valence-electron chi connectivity index (χ1n) is 6.78. The Morgan fingerprint density at radius 2 is 1.95 bits per heavy atom. The maximum Gasteiger partial charge on any atom is 0.410 e. The van der Waals surface area contributed by atoms with Crippen molar-refractivity contribution in [2.45, 2.75) is 32.9 Å². The number of ether oxygens (including phenoxy) is 1. The lowest BCUT2D eigenvalue weighted by Crippen LogP contribution is -2.49. The molecule has 1 fully saturated rings. The van der Waals surface area contributed by atoms with Crippen molar-refractivity contribution in [2.24, 2.45) is 0 Å². The van der Waals surface area contributed by atoms with Gasteiger partial charge in [0.25, 0.3) is 0 Å². The van der Waals surface area contributed by atoms with Crippen LogP contribution in [-0.2, 0) is 11.3 Å². The summed E-state index contributed by atoms with van der Waals surface area (Å²) in [5.74, 6) is 0. The van der Waals surface area contributed by atoms with E-state index in [0.717, 1.165) is 32.7 Å². The van der Waals surface area contributed by atoms with Crippen molar-refractivity contribution in [3.8, 4) is 0 Å². The van der Waals surface area contributed by atoms with E-state index < -0.39 is 5.60 Å². The molecule has 112 valence electrons. The zero-order valence-corrected chi connectivity index (χ0v) is 14.6. The molecule has 1 aliphatic heterocycles. The van der Waals surface area contributed by atoms with Gasteiger partial charge in [0.2, 0.25) is 0 Å². The first-order valence-corrected chi connectivity index (χ1v) is 8.39. The van der Waals surface area contributed by atoms with Gasteiger partial charge in [-0.25, -0.2) is 4.79 Å². The molecule has 0 N–H and O–H groups in total. The Bertz CT molecular complexity index is 462. The molecule has 1 aromatic heterocycles. The van der Waals surface area contributed by atoms with E-state index in [2.05, 4.69) is 33.0 Å². The molecule has 0 aromatic carbocycles. The topological polar surface area (TPSA) is 32.8 Å². The maximum absolute atomic E-state index is 12.0. The SMILES string of the molecule is CC(C)(C)OC(=O)N1CCN(Cc2ccc(Br)s2)CC1. The minimum Gasteiger partial charge on any atom is -0.444 e. The molecular weight excluding hydrogens is 340 g/mol. The molecule has 1 aliphatic rings. The predicted octanol–water partition coefficient (Wildman–Crippen LogP) is 3.56. The number of amides is 1. The van der Waals surface area contributed by atoms with Crippen LogP contribution >= 0.6 is 27.3 Å². The van der Waals surface area contributed by atoms with Crippen LogP contribution in [0, 0.1) is 0 Å². The third kappa shape index (κ3) is 4.75. The Morgan fingerprint density at radius 3 is 2.45 bits per heavy atom. The van der Waals surface area contributed by atoms with E-state index in [1.807, 2.05) is 20.8 Å². The summed E-state index contributed by atoms with van der Waals surface area (Å²) in [6.45, 7) is 9.92. The van der Waals surface area contributed by atoms with Gasteiger partial charge >= 0.3 is 6.09 Å². The zero-order valence-electron chi connectivity index (χ0n) is 12.2. The lowest BCUT2D eigenvalue weighted by Gasteiger charge is -2.35. The quantitative estimate of drug-likeness (QED) is 0.808. The summed E-state index contributed by atoms with van der Waals surface area (Å²) in [4.78, 5) is 17.5. The van der Waals surface area contributed by atoms with Crippen LogP contribution in [0.4, 0.5) is 4.79 Å². The van der Waals surface area contributed by atoms with Crippen molar-refractivity contribution >= 4 is 33.4 Å². The first-order chi connectivity index (χ1) is 9.33. The van der Waals surface area contributed by atoms with Gasteiger partial charge in [-0.1, -0.05) is 0 Å². The number of hydrogen-bond acceptors (Lipinski definition) is 4. The number of halogens is 1. The van der Waals surface area contributed by atoms with E-state index in [1.54, 1.807) is 16.2 Å². The molecule has 1 aromatic rings. The standard InChI is InChI=1S/C14H21BrN2O2S/c1-14(2,3)19-13(18)17-8-6-16(7-9-17)10-11-4-5-12(15)20-11/h4-5H,6-10H2,1-3H3. The minimum atomic E-state index is -0.419. The van der Waals surface area contributed by atoms with Gasteiger partial charge in [-0.2, -0.15) is 0 Å². The fourth-order valence-corrected chi connectivity index (χ4v) is 3.60. The molecule has 1 amide bonds. The van der Waals surface area contributed by atoms with E-state index in [0.29, 0.717) is 0 Å². The van der Waals surface area contributed by atoms with E-state index in [4.69, 9.17) is 4.74 Å². The second-order valence-corrected chi connectivity index (χ2v) is 8.50. The Labute approximate surface area is 132 Å². The Morgan fingerprint density at radius 1 is 1.30 bits per heavy atom. The van der Waals surface area contributed by atoms with E-state index in [9.17, 15) is 4.79 Å². The average Bonchev–Trinajstić information content (AvgIpc) is 2.73. The fraction of sp³-hybridized carbons (Fsp3) is 0.643. The maximum atomic E-state index is 12.0. The summed E-state index contributed by atoms with van der Waals surface area (Å²) < 4.78 is 6.56.